The molecule has 0 N–H and O–H groups in total. The van der Waals surface area contributed by atoms with Crippen LogP contribution in [-0.2, 0) is 9.59 Å². The zero-order valence-corrected chi connectivity index (χ0v) is 6.33. The quantitative estimate of drug-likeness (QED) is 0.310. The second-order valence-electron chi connectivity index (χ2n) is 1.93. The molecular weight excluding hydrogens is 146 g/mol. The van der Waals surface area contributed by atoms with Gasteiger partial charge in [0.25, 0.3) is 0 Å². The molecule has 0 aliphatic carbocycles. The summed E-state index contributed by atoms with van der Waals surface area (Å²) in [7, 11) is 0. The Labute approximate surface area is 64.3 Å². The van der Waals surface area contributed by atoms with Gasteiger partial charge < -0.3 is 9.90 Å². The summed E-state index contributed by atoms with van der Waals surface area (Å²) in [6, 6.07) is -0.678. The third-order valence-electron chi connectivity index (χ3n) is 1.24. The summed E-state index contributed by atoms with van der Waals surface area (Å²) in [6.45, 7) is 3.03. The van der Waals surface area contributed by atoms with Crippen LogP contribution < -0.4 is 5.11 Å². The summed E-state index contributed by atoms with van der Waals surface area (Å²) in [6.07, 6.45) is 2.63. The van der Waals surface area contributed by atoms with E-state index in [-0.39, 0.29) is 5.57 Å². The highest BCUT2D eigenvalue weighted by Crippen LogP contribution is 2.03. The van der Waals surface area contributed by atoms with Crippen LogP contribution in [0.5, 0.6) is 0 Å². The van der Waals surface area contributed by atoms with Crippen molar-refractivity contribution in [1.29, 1.82) is 0 Å². The fourth-order valence-electron chi connectivity index (χ4n) is 0.678. The fourth-order valence-corrected chi connectivity index (χ4v) is 0.678. The first kappa shape index (κ1) is 9.59. The largest absolute Gasteiger partial charge is 0.545 e. The highest BCUT2D eigenvalue weighted by Gasteiger charge is 2.05. The number of carboxylic acid groups (broad SMARTS) is 1. The molecule has 0 aromatic rings. The van der Waals surface area contributed by atoms with E-state index in [0.29, 0.717) is 0 Å². The third kappa shape index (κ3) is 2.78. The van der Waals surface area contributed by atoms with Crippen molar-refractivity contribution >= 4 is 12.0 Å². The van der Waals surface area contributed by atoms with Crippen LogP contribution in [0.25, 0.3) is 0 Å². The highest BCUT2D eigenvalue weighted by atomic mass is 16.4. The minimum Gasteiger partial charge on any atom is -0.545 e. The number of carbonyl (C=O) groups excluding carboxylic acids is 2. The number of carbonyl (C=O) groups is 1. The van der Waals surface area contributed by atoms with E-state index < -0.39 is 12.0 Å². The van der Waals surface area contributed by atoms with Crippen LogP contribution in [0.1, 0.15) is 13.8 Å². The Morgan fingerprint density at radius 2 is 2.27 bits per heavy atom. The van der Waals surface area contributed by atoms with E-state index in [9.17, 15) is 14.7 Å². The zero-order chi connectivity index (χ0) is 8.85. The van der Waals surface area contributed by atoms with Crippen molar-refractivity contribution in [2.75, 3.05) is 0 Å². The van der Waals surface area contributed by atoms with Gasteiger partial charge in [-0.1, -0.05) is 6.08 Å². The Kier molecular flexibility index (Phi) is 3.85. The Morgan fingerprint density at radius 3 is 2.55 bits per heavy atom. The summed E-state index contributed by atoms with van der Waals surface area (Å²) in [5.74, 6) is -1.31. The molecule has 11 heavy (non-hydrogen) atoms. The molecule has 0 aliphatic rings. The SMILES string of the molecule is C/C=C(/C(=O)[O-])C(C)N=C=O. The lowest BCUT2D eigenvalue weighted by Crippen LogP contribution is -2.28. The van der Waals surface area contributed by atoms with Crippen LogP contribution in [0, 0.1) is 0 Å². The summed E-state index contributed by atoms with van der Waals surface area (Å²) in [5.41, 5.74) is -0.00616. The smallest absolute Gasteiger partial charge is 0.235 e. The summed E-state index contributed by atoms with van der Waals surface area (Å²) >= 11 is 0. The average Bonchev–Trinajstić information content (AvgIpc) is 1.88. The summed E-state index contributed by atoms with van der Waals surface area (Å²) in [5, 5.41) is 10.3. The molecule has 0 heterocycles. The standard InChI is InChI=1S/C7H9NO3/c1-3-6(7(10)11)5(2)8-4-9/h3,5H,1-2H3,(H,10,11)/p-1/b6-3+. The van der Waals surface area contributed by atoms with Gasteiger partial charge in [-0.25, -0.2) is 4.79 Å². The molecule has 0 saturated heterocycles. The molecule has 60 valence electrons. The van der Waals surface area contributed by atoms with Gasteiger partial charge in [0, 0.05) is 0 Å². The second kappa shape index (κ2) is 4.41. The van der Waals surface area contributed by atoms with Crippen molar-refractivity contribution < 1.29 is 14.7 Å². The topological polar surface area (TPSA) is 69.6 Å². The lowest BCUT2D eigenvalue weighted by molar-refractivity contribution is -0.299. The molecule has 4 nitrogen and oxygen atoms in total. The van der Waals surface area contributed by atoms with E-state index in [1.165, 1.54) is 19.1 Å². The van der Waals surface area contributed by atoms with Gasteiger partial charge in [0.1, 0.15) is 0 Å². The van der Waals surface area contributed by atoms with E-state index in [1.54, 1.807) is 6.92 Å². The maximum Gasteiger partial charge on any atom is 0.235 e. The van der Waals surface area contributed by atoms with Gasteiger partial charge in [0.05, 0.1) is 12.0 Å². The summed E-state index contributed by atoms with van der Waals surface area (Å²) < 4.78 is 0. The lowest BCUT2D eigenvalue weighted by atomic mass is 10.1. The van der Waals surface area contributed by atoms with E-state index in [2.05, 4.69) is 4.99 Å². The Balaban J connectivity index is 4.53. The van der Waals surface area contributed by atoms with Crippen LogP contribution in [0.4, 0.5) is 0 Å². The van der Waals surface area contributed by atoms with Gasteiger partial charge in [0.15, 0.2) is 0 Å². The number of hydrogen-bond acceptors (Lipinski definition) is 4. The number of aliphatic imine (C=N–C) groups is 1. The number of rotatable bonds is 3. The van der Waals surface area contributed by atoms with Gasteiger partial charge in [0.2, 0.25) is 6.08 Å². The number of carboxylic acids is 1. The minimum atomic E-state index is -1.31. The zero-order valence-electron chi connectivity index (χ0n) is 6.33. The maximum atomic E-state index is 10.3. The van der Waals surface area contributed by atoms with Crippen molar-refractivity contribution in [1.82, 2.24) is 0 Å². The molecule has 0 radical (unpaired) electrons. The first-order valence-corrected chi connectivity index (χ1v) is 3.08. The number of hydrogen-bond donors (Lipinski definition) is 0. The van der Waals surface area contributed by atoms with Crippen LogP contribution in [0.15, 0.2) is 16.6 Å². The van der Waals surface area contributed by atoms with Gasteiger partial charge in [-0.3, -0.25) is 0 Å². The molecule has 0 saturated carbocycles. The molecule has 0 amide bonds. The van der Waals surface area contributed by atoms with E-state index in [4.69, 9.17) is 0 Å². The van der Waals surface area contributed by atoms with Crippen molar-refractivity contribution in [3.05, 3.63) is 11.6 Å². The number of nitrogens with zero attached hydrogens (tertiary/aromatic N) is 1. The number of isocyanates is 1. The third-order valence-corrected chi connectivity index (χ3v) is 1.24. The molecule has 4 heteroatoms. The van der Waals surface area contributed by atoms with Crippen LogP contribution in [0.3, 0.4) is 0 Å². The molecule has 0 bridgehead atoms. The van der Waals surface area contributed by atoms with Crippen molar-refractivity contribution in [2.45, 2.75) is 19.9 Å². The Morgan fingerprint density at radius 1 is 1.73 bits per heavy atom. The van der Waals surface area contributed by atoms with Crippen molar-refractivity contribution in [3.63, 3.8) is 0 Å². The van der Waals surface area contributed by atoms with Crippen LogP contribution in [0.2, 0.25) is 0 Å². The van der Waals surface area contributed by atoms with Gasteiger partial charge in [-0.15, -0.1) is 0 Å². The maximum absolute atomic E-state index is 10.3. The number of allylic oxidation sites excluding steroid dienone is 1. The van der Waals surface area contributed by atoms with Gasteiger partial charge in [-0.2, -0.15) is 4.99 Å². The molecule has 0 fully saturated rings. The molecule has 0 aromatic heterocycles. The normalized spacial score (nSPS) is 13.5. The molecule has 0 rings (SSSR count). The molecule has 0 aromatic carbocycles. The Bertz CT molecular complexity index is 226. The summed E-state index contributed by atoms with van der Waals surface area (Å²) in [4.78, 5) is 23.2. The minimum absolute atomic E-state index is 0.00616. The van der Waals surface area contributed by atoms with Crippen LogP contribution in [-0.4, -0.2) is 18.1 Å². The fraction of sp³-hybridized carbons (Fsp3) is 0.429. The molecule has 0 aliphatic heterocycles. The monoisotopic (exact) mass is 154 g/mol. The molecule has 1 atom stereocenters. The van der Waals surface area contributed by atoms with Crippen molar-refractivity contribution in [2.24, 2.45) is 4.99 Å². The van der Waals surface area contributed by atoms with Crippen molar-refractivity contribution in [3.8, 4) is 0 Å². The second-order valence-corrected chi connectivity index (χ2v) is 1.93. The van der Waals surface area contributed by atoms with Gasteiger partial charge >= 0.3 is 0 Å². The van der Waals surface area contributed by atoms with E-state index in [0.717, 1.165) is 0 Å². The average molecular weight is 154 g/mol. The predicted molar refractivity (Wildman–Crippen MR) is 36.3 cm³/mol. The van der Waals surface area contributed by atoms with Crippen LogP contribution >= 0.6 is 0 Å². The first-order chi connectivity index (χ1) is 5.13. The highest BCUT2D eigenvalue weighted by molar-refractivity contribution is 5.86. The predicted octanol–water partition coefficient (Wildman–Crippen LogP) is -0.593. The number of aliphatic carboxylic acids is 1. The first-order valence-electron chi connectivity index (χ1n) is 3.08. The van der Waals surface area contributed by atoms with E-state index in [1.807, 2.05) is 0 Å². The molecule has 0 spiro atoms. The van der Waals surface area contributed by atoms with E-state index >= 15 is 0 Å². The Hall–Kier alpha value is -1.41. The van der Waals surface area contributed by atoms with Gasteiger partial charge in [-0.05, 0) is 19.4 Å². The molecule has 1 unspecified atom stereocenters. The molecular formula is C7H8NO3-. The lowest BCUT2D eigenvalue weighted by Gasteiger charge is -2.09.